The van der Waals surface area contributed by atoms with Crippen LogP contribution < -0.4 is 20.7 Å². The van der Waals surface area contributed by atoms with E-state index in [9.17, 15) is 9.59 Å². The smallest absolute Gasteiger partial charge is 0.262 e. The topological polar surface area (TPSA) is 79.5 Å². The third-order valence-electron chi connectivity index (χ3n) is 3.42. The lowest BCUT2D eigenvalue weighted by Gasteiger charge is -2.18. The number of carbonyl (C=O) groups excluding carboxylic acids is 2. The van der Waals surface area contributed by atoms with Gasteiger partial charge in [-0.25, -0.2) is 0 Å². The van der Waals surface area contributed by atoms with E-state index in [-0.39, 0.29) is 24.5 Å². The predicted molar refractivity (Wildman–Crippen MR) is 81.5 cm³/mol. The summed E-state index contributed by atoms with van der Waals surface area (Å²) >= 11 is 1.73. The molecule has 0 bridgehead atoms. The summed E-state index contributed by atoms with van der Waals surface area (Å²) in [5.41, 5.74) is 1.75. The van der Waals surface area contributed by atoms with Crippen LogP contribution in [0.3, 0.4) is 0 Å². The summed E-state index contributed by atoms with van der Waals surface area (Å²) in [5, 5.41) is 8.85. The standard InChI is InChI=1S/C14H17N3O3S/c18-13-6-20-12-2-1-9(5-10(12)17-13)3-4-15-14(19)11-7-21-8-16-11/h1-2,5,11,16H,3-4,6-8H2,(H,15,19)(H,17,18). The summed E-state index contributed by atoms with van der Waals surface area (Å²) in [4.78, 5) is 23.1. The Morgan fingerprint density at radius 1 is 1.48 bits per heavy atom. The molecule has 0 aromatic heterocycles. The average molecular weight is 307 g/mol. The molecule has 112 valence electrons. The van der Waals surface area contributed by atoms with Crippen LogP contribution in [0.25, 0.3) is 0 Å². The van der Waals surface area contributed by atoms with Crippen molar-refractivity contribution in [2.24, 2.45) is 0 Å². The minimum absolute atomic E-state index is 0.0506. The Kier molecular flexibility index (Phi) is 4.31. The molecule has 0 saturated carbocycles. The van der Waals surface area contributed by atoms with Gasteiger partial charge in [-0.1, -0.05) is 6.07 Å². The maximum Gasteiger partial charge on any atom is 0.262 e. The van der Waals surface area contributed by atoms with Crippen molar-refractivity contribution in [3.63, 3.8) is 0 Å². The van der Waals surface area contributed by atoms with Crippen molar-refractivity contribution < 1.29 is 14.3 Å². The first kappa shape index (κ1) is 14.2. The number of carbonyl (C=O) groups is 2. The van der Waals surface area contributed by atoms with Gasteiger partial charge in [0.05, 0.1) is 11.7 Å². The van der Waals surface area contributed by atoms with Crippen molar-refractivity contribution >= 4 is 29.3 Å². The van der Waals surface area contributed by atoms with Gasteiger partial charge in [-0.2, -0.15) is 0 Å². The van der Waals surface area contributed by atoms with E-state index in [1.165, 1.54) is 0 Å². The summed E-state index contributed by atoms with van der Waals surface area (Å²) < 4.78 is 5.31. The van der Waals surface area contributed by atoms with Crippen molar-refractivity contribution in [2.45, 2.75) is 12.5 Å². The Morgan fingerprint density at radius 3 is 3.19 bits per heavy atom. The van der Waals surface area contributed by atoms with Crippen LogP contribution in [0.2, 0.25) is 0 Å². The van der Waals surface area contributed by atoms with Crippen molar-refractivity contribution in [3.8, 4) is 5.75 Å². The summed E-state index contributed by atoms with van der Waals surface area (Å²) in [5.74, 6) is 2.26. The van der Waals surface area contributed by atoms with Gasteiger partial charge in [0.15, 0.2) is 6.61 Å². The van der Waals surface area contributed by atoms with Crippen LogP contribution in [-0.4, -0.2) is 42.6 Å². The van der Waals surface area contributed by atoms with Crippen LogP contribution in [0.15, 0.2) is 18.2 Å². The fourth-order valence-corrected chi connectivity index (χ4v) is 3.24. The number of hydrogen-bond acceptors (Lipinski definition) is 5. The van der Waals surface area contributed by atoms with E-state index in [2.05, 4.69) is 16.0 Å². The molecule has 1 fully saturated rings. The molecule has 0 aliphatic carbocycles. The minimum atomic E-state index is -0.141. The molecule has 1 saturated heterocycles. The van der Waals surface area contributed by atoms with Gasteiger partial charge in [0.2, 0.25) is 5.91 Å². The lowest BCUT2D eigenvalue weighted by Crippen LogP contribution is -2.42. The van der Waals surface area contributed by atoms with E-state index >= 15 is 0 Å². The minimum Gasteiger partial charge on any atom is -0.482 e. The lowest BCUT2D eigenvalue weighted by molar-refractivity contribution is -0.122. The molecule has 21 heavy (non-hydrogen) atoms. The largest absolute Gasteiger partial charge is 0.482 e. The first-order chi connectivity index (χ1) is 10.2. The van der Waals surface area contributed by atoms with Crippen LogP contribution in [-0.2, 0) is 16.0 Å². The van der Waals surface area contributed by atoms with Gasteiger partial charge in [0.1, 0.15) is 5.75 Å². The fourth-order valence-electron chi connectivity index (χ4n) is 2.30. The second kappa shape index (κ2) is 6.36. The van der Waals surface area contributed by atoms with Gasteiger partial charge >= 0.3 is 0 Å². The first-order valence-corrected chi connectivity index (χ1v) is 8.02. The number of amides is 2. The Morgan fingerprint density at radius 2 is 2.38 bits per heavy atom. The molecule has 0 spiro atoms. The molecular weight excluding hydrogens is 290 g/mol. The zero-order chi connectivity index (χ0) is 14.7. The number of thioether (sulfide) groups is 1. The summed E-state index contributed by atoms with van der Waals surface area (Å²) in [6, 6.07) is 5.61. The van der Waals surface area contributed by atoms with Crippen molar-refractivity contribution in [3.05, 3.63) is 23.8 Å². The Hall–Kier alpha value is -1.73. The average Bonchev–Trinajstić information content (AvgIpc) is 3.01. The molecule has 0 radical (unpaired) electrons. The summed E-state index contributed by atoms with van der Waals surface area (Å²) in [6.45, 7) is 0.643. The number of rotatable bonds is 4. The van der Waals surface area contributed by atoms with Crippen molar-refractivity contribution in [2.75, 3.05) is 30.1 Å². The molecule has 1 atom stereocenters. The number of hydrogen-bond donors (Lipinski definition) is 3. The third-order valence-corrected chi connectivity index (χ3v) is 4.36. The number of anilines is 1. The second-order valence-electron chi connectivity index (χ2n) is 4.98. The number of fused-ring (bicyclic) bond motifs is 1. The summed E-state index contributed by atoms with van der Waals surface area (Å²) in [7, 11) is 0. The highest BCUT2D eigenvalue weighted by Gasteiger charge is 2.22. The molecule has 2 aliphatic heterocycles. The Bertz CT molecular complexity index is 558. The zero-order valence-corrected chi connectivity index (χ0v) is 12.3. The van der Waals surface area contributed by atoms with E-state index in [0.717, 1.165) is 23.6 Å². The van der Waals surface area contributed by atoms with E-state index < -0.39 is 0 Å². The monoisotopic (exact) mass is 307 g/mol. The summed E-state index contributed by atoms with van der Waals surface area (Å²) in [6.07, 6.45) is 0.717. The van der Waals surface area contributed by atoms with Gasteiger partial charge in [-0.3, -0.25) is 14.9 Å². The van der Waals surface area contributed by atoms with Crippen molar-refractivity contribution in [1.29, 1.82) is 0 Å². The van der Waals surface area contributed by atoms with Gasteiger partial charge in [0.25, 0.3) is 5.91 Å². The second-order valence-corrected chi connectivity index (χ2v) is 6.01. The lowest BCUT2D eigenvalue weighted by atomic mass is 10.1. The maximum absolute atomic E-state index is 11.8. The molecular formula is C14H17N3O3S. The Labute approximate surface area is 127 Å². The Balaban J connectivity index is 1.52. The first-order valence-electron chi connectivity index (χ1n) is 6.87. The highest BCUT2D eigenvalue weighted by molar-refractivity contribution is 7.99. The highest BCUT2D eigenvalue weighted by Crippen LogP contribution is 2.28. The van der Waals surface area contributed by atoms with Crippen LogP contribution in [0.4, 0.5) is 5.69 Å². The molecule has 3 rings (SSSR count). The number of ether oxygens (including phenoxy) is 1. The SMILES string of the molecule is O=C1COc2ccc(CCNC(=O)C3CSCN3)cc2N1. The fraction of sp³-hybridized carbons (Fsp3) is 0.429. The normalized spacial score (nSPS) is 20.4. The van der Waals surface area contributed by atoms with E-state index in [1.54, 1.807) is 11.8 Å². The molecule has 2 heterocycles. The molecule has 3 N–H and O–H groups in total. The number of nitrogens with one attached hydrogen (secondary N) is 3. The number of benzene rings is 1. The van der Waals surface area contributed by atoms with Gasteiger partial charge in [0, 0.05) is 18.2 Å². The van der Waals surface area contributed by atoms with E-state index in [1.807, 2.05) is 18.2 Å². The van der Waals surface area contributed by atoms with E-state index in [4.69, 9.17) is 4.74 Å². The predicted octanol–water partition coefficient (Wildman–Crippen LogP) is 0.339. The molecule has 7 heteroatoms. The molecule has 6 nitrogen and oxygen atoms in total. The third kappa shape index (κ3) is 3.48. The molecule has 2 amide bonds. The molecule has 1 aromatic carbocycles. The van der Waals surface area contributed by atoms with Crippen LogP contribution in [0.5, 0.6) is 5.75 Å². The van der Waals surface area contributed by atoms with Crippen molar-refractivity contribution in [1.82, 2.24) is 10.6 Å². The highest BCUT2D eigenvalue weighted by atomic mass is 32.2. The molecule has 1 aromatic rings. The van der Waals surface area contributed by atoms with Crippen LogP contribution >= 0.6 is 11.8 Å². The van der Waals surface area contributed by atoms with Crippen LogP contribution in [0, 0.1) is 0 Å². The zero-order valence-electron chi connectivity index (χ0n) is 11.5. The van der Waals surface area contributed by atoms with Crippen LogP contribution in [0.1, 0.15) is 5.56 Å². The van der Waals surface area contributed by atoms with E-state index in [0.29, 0.717) is 18.0 Å². The van der Waals surface area contributed by atoms with Gasteiger partial charge in [-0.15, -0.1) is 11.8 Å². The quantitative estimate of drug-likeness (QED) is 0.747. The van der Waals surface area contributed by atoms with Gasteiger partial charge < -0.3 is 15.4 Å². The van der Waals surface area contributed by atoms with Gasteiger partial charge in [-0.05, 0) is 24.1 Å². The maximum atomic E-state index is 11.8. The molecule has 1 unspecified atom stereocenters. The molecule has 2 aliphatic rings.